The molecule has 0 aliphatic rings. The molecule has 1 heterocycles. The number of aryl methyl sites for hydroxylation is 2. The minimum absolute atomic E-state index is 0.0504. The Bertz CT molecular complexity index is 350. The van der Waals surface area contributed by atoms with Gasteiger partial charge < -0.3 is 5.11 Å². The third-order valence-electron chi connectivity index (χ3n) is 1.80. The molecule has 0 aliphatic carbocycles. The SMILES string of the molecule is CCc1nc(C)c(F)cc1C(=O)O. The van der Waals surface area contributed by atoms with Crippen molar-refractivity contribution in [3.05, 3.63) is 28.8 Å². The van der Waals surface area contributed by atoms with Crippen molar-refractivity contribution in [2.24, 2.45) is 0 Å². The molecule has 1 aromatic rings. The van der Waals surface area contributed by atoms with E-state index < -0.39 is 11.8 Å². The van der Waals surface area contributed by atoms with E-state index in [9.17, 15) is 9.18 Å². The molecule has 0 spiro atoms. The Balaban J connectivity index is 3.33. The molecule has 0 bridgehead atoms. The van der Waals surface area contributed by atoms with Gasteiger partial charge in [0.15, 0.2) is 0 Å². The van der Waals surface area contributed by atoms with Gasteiger partial charge in [0.05, 0.1) is 17.0 Å². The van der Waals surface area contributed by atoms with Crippen LogP contribution < -0.4 is 0 Å². The standard InChI is InChI=1S/C9H10FNO2/c1-3-8-6(9(12)13)4-7(10)5(2)11-8/h4H,3H2,1-2H3,(H,12,13). The van der Waals surface area contributed by atoms with Crippen molar-refractivity contribution in [2.45, 2.75) is 20.3 Å². The number of carboxylic acids is 1. The van der Waals surface area contributed by atoms with Crippen molar-refractivity contribution in [1.29, 1.82) is 0 Å². The molecule has 0 amide bonds. The molecule has 1 aromatic heterocycles. The van der Waals surface area contributed by atoms with Crippen LogP contribution in [0.15, 0.2) is 6.07 Å². The fraction of sp³-hybridized carbons (Fsp3) is 0.333. The van der Waals surface area contributed by atoms with Crippen LogP contribution in [-0.2, 0) is 6.42 Å². The third kappa shape index (κ3) is 1.83. The molecule has 4 heteroatoms. The quantitative estimate of drug-likeness (QED) is 0.760. The van der Waals surface area contributed by atoms with Gasteiger partial charge in [-0.25, -0.2) is 9.18 Å². The highest BCUT2D eigenvalue weighted by Crippen LogP contribution is 2.12. The molecule has 3 nitrogen and oxygen atoms in total. The number of hydrogen-bond donors (Lipinski definition) is 1. The Morgan fingerprint density at radius 1 is 1.69 bits per heavy atom. The van der Waals surface area contributed by atoms with E-state index in [-0.39, 0.29) is 11.3 Å². The van der Waals surface area contributed by atoms with Crippen LogP contribution >= 0.6 is 0 Å². The number of aromatic nitrogens is 1. The van der Waals surface area contributed by atoms with Crippen molar-refractivity contribution >= 4 is 5.97 Å². The van der Waals surface area contributed by atoms with Gasteiger partial charge in [-0.05, 0) is 19.4 Å². The van der Waals surface area contributed by atoms with Gasteiger partial charge in [0, 0.05) is 0 Å². The molecule has 0 fully saturated rings. The van der Waals surface area contributed by atoms with Crippen LogP contribution in [0.2, 0.25) is 0 Å². The zero-order valence-electron chi connectivity index (χ0n) is 7.47. The number of hydrogen-bond acceptors (Lipinski definition) is 2. The number of halogens is 1. The Morgan fingerprint density at radius 2 is 2.31 bits per heavy atom. The molecule has 0 atom stereocenters. The maximum Gasteiger partial charge on any atom is 0.337 e. The van der Waals surface area contributed by atoms with E-state index in [1.54, 1.807) is 6.92 Å². The molecule has 0 aromatic carbocycles. The Hall–Kier alpha value is -1.45. The predicted octanol–water partition coefficient (Wildman–Crippen LogP) is 1.79. The van der Waals surface area contributed by atoms with Crippen LogP contribution in [0.5, 0.6) is 0 Å². The minimum Gasteiger partial charge on any atom is -0.478 e. The molecule has 70 valence electrons. The normalized spacial score (nSPS) is 10.1. The van der Waals surface area contributed by atoms with Crippen LogP contribution in [0.4, 0.5) is 4.39 Å². The first kappa shape index (κ1) is 9.64. The second-order valence-corrected chi connectivity index (χ2v) is 2.71. The first-order valence-corrected chi connectivity index (χ1v) is 3.95. The van der Waals surface area contributed by atoms with E-state index in [0.29, 0.717) is 12.1 Å². The van der Waals surface area contributed by atoms with Gasteiger partial charge in [-0.1, -0.05) is 6.92 Å². The van der Waals surface area contributed by atoms with Crippen molar-refractivity contribution in [3.8, 4) is 0 Å². The van der Waals surface area contributed by atoms with Crippen LogP contribution in [0, 0.1) is 12.7 Å². The average Bonchev–Trinajstić information content (AvgIpc) is 2.08. The highest BCUT2D eigenvalue weighted by atomic mass is 19.1. The van der Waals surface area contributed by atoms with E-state index in [1.807, 2.05) is 0 Å². The van der Waals surface area contributed by atoms with Crippen molar-refractivity contribution in [3.63, 3.8) is 0 Å². The zero-order chi connectivity index (χ0) is 10.0. The highest BCUT2D eigenvalue weighted by Gasteiger charge is 2.13. The average molecular weight is 183 g/mol. The van der Waals surface area contributed by atoms with Gasteiger partial charge >= 0.3 is 5.97 Å². The van der Waals surface area contributed by atoms with Crippen molar-refractivity contribution < 1.29 is 14.3 Å². The lowest BCUT2D eigenvalue weighted by molar-refractivity contribution is 0.0694. The van der Waals surface area contributed by atoms with Gasteiger partial charge in [0.2, 0.25) is 0 Å². The molecule has 1 rings (SSSR count). The number of aromatic carboxylic acids is 1. The molecule has 13 heavy (non-hydrogen) atoms. The lowest BCUT2D eigenvalue weighted by atomic mass is 10.1. The van der Waals surface area contributed by atoms with E-state index in [2.05, 4.69) is 4.98 Å². The summed E-state index contributed by atoms with van der Waals surface area (Å²) in [5.41, 5.74) is 0.610. The lowest BCUT2D eigenvalue weighted by Crippen LogP contribution is -2.06. The van der Waals surface area contributed by atoms with Gasteiger partial charge in [-0.15, -0.1) is 0 Å². The molecule has 0 unspecified atom stereocenters. The van der Waals surface area contributed by atoms with Crippen molar-refractivity contribution in [1.82, 2.24) is 4.98 Å². The summed E-state index contributed by atoms with van der Waals surface area (Å²) in [6, 6.07) is 1.02. The van der Waals surface area contributed by atoms with E-state index in [0.717, 1.165) is 6.07 Å². The summed E-state index contributed by atoms with van der Waals surface area (Å²) in [6.45, 7) is 3.30. The smallest absolute Gasteiger partial charge is 0.337 e. The highest BCUT2D eigenvalue weighted by molar-refractivity contribution is 5.88. The maximum atomic E-state index is 12.9. The van der Waals surface area contributed by atoms with Crippen LogP contribution in [0.1, 0.15) is 28.7 Å². The summed E-state index contributed by atoms with van der Waals surface area (Å²) in [4.78, 5) is 14.5. The molecule has 0 saturated carbocycles. The summed E-state index contributed by atoms with van der Waals surface area (Å²) in [6.07, 6.45) is 0.489. The largest absolute Gasteiger partial charge is 0.478 e. The fourth-order valence-corrected chi connectivity index (χ4v) is 1.09. The summed E-state index contributed by atoms with van der Waals surface area (Å²) in [5.74, 6) is -1.71. The summed E-state index contributed by atoms with van der Waals surface area (Å²) >= 11 is 0. The summed E-state index contributed by atoms with van der Waals surface area (Å²) < 4.78 is 12.9. The van der Waals surface area contributed by atoms with E-state index >= 15 is 0 Å². The molecule has 0 aliphatic heterocycles. The molecular weight excluding hydrogens is 173 g/mol. The molecular formula is C9H10FNO2. The second-order valence-electron chi connectivity index (χ2n) is 2.71. The second kappa shape index (κ2) is 3.51. The molecule has 1 N–H and O–H groups in total. The fourth-order valence-electron chi connectivity index (χ4n) is 1.09. The number of pyridine rings is 1. The van der Waals surface area contributed by atoms with E-state index in [1.165, 1.54) is 6.92 Å². The number of carbonyl (C=O) groups is 1. The first-order chi connectivity index (χ1) is 6.06. The van der Waals surface area contributed by atoms with Gasteiger partial charge in [-0.2, -0.15) is 0 Å². The molecule has 0 radical (unpaired) electrons. The maximum absolute atomic E-state index is 12.9. The Morgan fingerprint density at radius 3 is 2.77 bits per heavy atom. The van der Waals surface area contributed by atoms with Crippen LogP contribution in [-0.4, -0.2) is 16.1 Å². The number of carboxylic acid groups (broad SMARTS) is 1. The van der Waals surface area contributed by atoms with Crippen LogP contribution in [0.25, 0.3) is 0 Å². The minimum atomic E-state index is -1.14. The van der Waals surface area contributed by atoms with E-state index in [4.69, 9.17) is 5.11 Å². The Labute approximate surface area is 75.2 Å². The molecule has 0 saturated heterocycles. The summed E-state index contributed by atoms with van der Waals surface area (Å²) in [5, 5.41) is 8.71. The van der Waals surface area contributed by atoms with Gasteiger partial charge in [0.25, 0.3) is 0 Å². The zero-order valence-corrected chi connectivity index (χ0v) is 7.47. The Kier molecular flexibility index (Phi) is 2.60. The summed E-state index contributed by atoms with van der Waals surface area (Å²) in [7, 11) is 0. The number of nitrogens with zero attached hydrogens (tertiary/aromatic N) is 1. The topological polar surface area (TPSA) is 50.2 Å². The first-order valence-electron chi connectivity index (χ1n) is 3.95. The predicted molar refractivity (Wildman–Crippen MR) is 45.3 cm³/mol. The third-order valence-corrected chi connectivity index (χ3v) is 1.80. The van der Waals surface area contributed by atoms with Gasteiger partial charge in [-0.3, -0.25) is 4.98 Å². The number of rotatable bonds is 2. The lowest BCUT2D eigenvalue weighted by Gasteiger charge is -2.04. The van der Waals surface area contributed by atoms with Crippen LogP contribution in [0.3, 0.4) is 0 Å². The monoisotopic (exact) mass is 183 g/mol. The van der Waals surface area contributed by atoms with Crippen molar-refractivity contribution in [2.75, 3.05) is 0 Å². The van der Waals surface area contributed by atoms with Gasteiger partial charge in [0.1, 0.15) is 5.82 Å².